The summed E-state index contributed by atoms with van der Waals surface area (Å²) in [6.07, 6.45) is 3.59. The molecule has 33 heavy (non-hydrogen) atoms. The predicted octanol–water partition coefficient (Wildman–Crippen LogP) is 6.08. The summed E-state index contributed by atoms with van der Waals surface area (Å²) in [5.41, 5.74) is 4.13. The number of aromatic nitrogens is 1. The molecule has 1 aliphatic rings. The molecule has 1 heterocycles. The summed E-state index contributed by atoms with van der Waals surface area (Å²) in [5.74, 6) is 0.828. The van der Waals surface area contributed by atoms with Gasteiger partial charge in [0.15, 0.2) is 0 Å². The third-order valence-electron chi connectivity index (χ3n) is 6.00. The molecule has 178 valence electrons. The van der Waals surface area contributed by atoms with Crippen molar-refractivity contribution in [2.24, 2.45) is 10.8 Å². The van der Waals surface area contributed by atoms with Crippen molar-refractivity contribution in [3.8, 4) is 0 Å². The molecule has 1 unspecified atom stereocenters. The minimum atomic E-state index is -0.403. The Kier molecular flexibility index (Phi) is 7.67. The van der Waals surface area contributed by atoms with Crippen molar-refractivity contribution in [2.45, 2.75) is 60.1 Å². The summed E-state index contributed by atoms with van der Waals surface area (Å²) in [4.78, 5) is 17.4. The molecule has 1 aliphatic carbocycles. The number of nitrogens with one attached hydrogen (secondary N) is 3. The smallest absolute Gasteiger partial charge is 0.407 e. The van der Waals surface area contributed by atoms with Gasteiger partial charge in [-0.25, -0.2) is 9.78 Å². The fraction of sp³-hybridized carbons (Fsp3) is 0.481. The minimum Gasteiger partial charge on any atom is -0.445 e. The van der Waals surface area contributed by atoms with E-state index in [4.69, 9.17) is 9.72 Å². The third kappa shape index (κ3) is 6.98. The third-order valence-corrected chi connectivity index (χ3v) is 6.00. The van der Waals surface area contributed by atoms with Crippen molar-refractivity contribution in [3.05, 3.63) is 59.8 Å². The van der Waals surface area contributed by atoms with Crippen molar-refractivity contribution in [1.82, 2.24) is 10.3 Å². The van der Waals surface area contributed by atoms with Crippen molar-refractivity contribution in [2.75, 3.05) is 24.2 Å². The summed E-state index contributed by atoms with van der Waals surface area (Å²) >= 11 is 0. The second-order valence-corrected chi connectivity index (χ2v) is 10.6. The minimum absolute atomic E-state index is 0.0741. The van der Waals surface area contributed by atoms with Gasteiger partial charge >= 0.3 is 6.09 Å². The molecule has 0 saturated heterocycles. The molecule has 6 heteroatoms. The van der Waals surface area contributed by atoms with Crippen LogP contribution in [0.25, 0.3) is 5.57 Å². The molecular formula is C27H38N4O2. The largest absolute Gasteiger partial charge is 0.445 e. The van der Waals surface area contributed by atoms with Crippen LogP contribution in [0.3, 0.4) is 0 Å². The zero-order valence-electron chi connectivity index (χ0n) is 20.8. The highest BCUT2D eigenvalue weighted by molar-refractivity contribution is 5.73. The average Bonchev–Trinajstić information content (AvgIpc) is 2.77. The summed E-state index contributed by atoms with van der Waals surface area (Å²) in [7, 11) is 1.89. The fourth-order valence-electron chi connectivity index (χ4n) is 3.80. The summed E-state index contributed by atoms with van der Waals surface area (Å²) < 4.78 is 5.46. The Morgan fingerprint density at radius 1 is 1.15 bits per heavy atom. The molecule has 1 aromatic carbocycles. The van der Waals surface area contributed by atoms with Gasteiger partial charge in [0.25, 0.3) is 0 Å². The van der Waals surface area contributed by atoms with Crippen molar-refractivity contribution < 1.29 is 9.53 Å². The highest BCUT2D eigenvalue weighted by atomic mass is 16.5. The number of hydrogen-bond donors (Lipinski definition) is 3. The van der Waals surface area contributed by atoms with Crippen LogP contribution in [-0.4, -0.2) is 30.7 Å². The van der Waals surface area contributed by atoms with Gasteiger partial charge < -0.3 is 20.7 Å². The Bertz CT molecular complexity index is 977. The SMILES string of the molecule is CNc1nc(C2=CC(NC(=O)OCc3ccccc3)C(C)(C)CC2)ccc1NCC(C)(C)C. The van der Waals surface area contributed by atoms with Crippen LogP contribution >= 0.6 is 0 Å². The van der Waals surface area contributed by atoms with E-state index in [1.807, 2.05) is 37.4 Å². The number of hydrogen-bond acceptors (Lipinski definition) is 5. The van der Waals surface area contributed by atoms with Crippen molar-refractivity contribution in [3.63, 3.8) is 0 Å². The quantitative estimate of drug-likeness (QED) is 0.477. The zero-order chi connectivity index (χ0) is 24.1. The lowest BCUT2D eigenvalue weighted by atomic mass is 9.74. The van der Waals surface area contributed by atoms with Gasteiger partial charge in [0.1, 0.15) is 12.4 Å². The molecule has 0 radical (unpaired) electrons. The average molecular weight is 451 g/mol. The van der Waals surface area contributed by atoms with E-state index in [-0.39, 0.29) is 23.5 Å². The number of carbonyl (C=O) groups excluding carboxylic acids is 1. The number of benzene rings is 1. The Morgan fingerprint density at radius 2 is 1.88 bits per heavy atom. The van der Waals surface area contributed by atoms with E-state index in [0.717, 1.165) is 47.7 Å². The molecule has 0 bridgehead atoms. The number of allylic oxidation sites excluding steroid dienone is 1. The van der Waals surface area contributed by atoms with Gasteiger partial charge in [-0.3, -0.25) is 0 Å². The molecule has 0 spiro atoms. The molecule has 0 aliphatic heterocycles. The Hall–Kier alpha value is -3.02. The second kappa shape index (κ2) is 10.3. The van der Waals surface area contributed by atoms with Crippen molar-refractivity contribution >= 4 is 23.2 Å². The van der Waals surface area contributed by atoms with Gasteiger partial charge in [-0.15, -0.1) is 0 Å². The first-order chi connectivity index (χ1) is 15.6. The Balaban J connectivity index is 1.72. The lowest BCUT2D eigenvalue weighted by molar-refractivity contribution is 0.127. The van der Waals surface area contributed by atoms with E-state index < -0.39 is 6.09 Å². The fourth-order valence-corrected chi connectivity index (χ4v) is 3.80. The van der Waals surface area contributed by atoms with Crippen LogP contribution in [0.15, 0.2) is 48.5 Å². The first kappa shape index (κ1) is 24.6. The number of ether oxygens (including phenoxy) is 1. The van der Waals surface area contributed by atoms with E-state index >= 15 is 0 Å². The normalized spacial score (nSPS) is 17.6. The summed E-state index contributed by atoms with van der Waals surface area (Å²) in [6.45, 7) is 12.1. The highest BCUT2D eigenvalue weighted by Crippen LogP contribution is 2.38. The summed E-state index contributed by atoms with van der Waals surface area (Å²) in [5, 5.41) is 9.77. The molecule has 1 atom stereocenters. The van der Waals surface area contributed by atoms with Gasteiger partial charge in [-0.2, -0.15) is 0 Å². The number of alkyl carbamates (subject to hydrolysis) is 1. The lowest BCUT2D eigenvalue weighted by Crippen LogP contribution is -2.45. The van der Waals surface area contributed by atoms with Crippen molar-refractivity contribution in [1.29, 1.82) is 0 Å². The maximum atomic E-state index is 12.5. The van der Waals surface area contributed by atoms with Crippen LogP contribution in [0, 0.1) is 10.8 Å². The van der Waals surface area contributed by atoms with E-state index in [0.29, 0.717) is 0 Å². The molecular weight excluding hydrogens is 412 g/mol. The first-order valence-corrected chi connectivity index (χ1v) is 11.7. The van der Waals surface area contributed by atoms with Crippen LogP contribution in [0.2, 0.25) is 0 Å². The topological polar surface area (TPSA) is 75.3 Å². The monoisotopic (exact) mass is 450 g/mol. The standard InChI is InChI=1S/C27H38N4O2/c1-26(2,3)18-29-22-13-12-21(30-24(22)28-6)20-14-15-27(4,5)23(16-20)31-25(32)33-17-19-10-8-7-9-11-19/h7-13,16,23,29H,14-15,17-18H2,1-6H3,(H,28,30)(H,31,32). The number of carbonyl (C=O) groups is 1. The number of pyridine rings is 1. The number of anilines is 2. The maximum Gasteiger partial charge on any atom is 0.407 e. The van der Waals surface area contributed by atoms with Crippen LogP contribution in [0.4, 0.5) is 16.3 Å². The van der Waals surface area contributed by atoms with Gasteiger partial charge in [0.2, 0.25) is 0 Å². The van der Waals surface area contributed by atoms with E-state index in [9.17, 15) is 4.79 Å². The Labute approximate surface area is 198 Å². The molecule has 2 aromatic rings. The molecule has 6 nitrogen and oxygen atoms in total. The lowest BCUT2D eigenvalue weighted by Gasteiger charge is -2.37. The van der Waals surface area contributed by atoms with Crippen LogP contribution in [-0.2, 0) is 11.3 Å². The number of amides is 1. The molecule has 1 aromatic heterocycles. The molecule has 1 amide bonds. The zero-order valence-corrected chi connectivity index (χ0v) is 20.8. The second-order valence-electron chi connectivity index (χ2n) is 10.6. The molecule has 3 N–H and O–H groups in total. The van der Waals surface area contributed by atoms with Gasteiger partial charge in [0.05, 0.1) is 17.4 Å². The van der Waals surface area contributed by atoms with E-state index in [1.165, 1.54) is 0 Å². The van der Waals surface area contributed by atoms with Crippen LogP contribution in [0.1, 0.15) is 58.7 Å². The Morgan fingerprint density at radius 3 is 2.55 bits per heavy atom. The van der Waals surface area contributed by atoms with Crippen LogP contribution < -0.4 is 16.0 Å². The molecule has 0 fully saturated rings. The number of nitrogens with zero attached hydrogens (tertiary/aromatic N) is 1. The van der Waals surface area contributed by atoms with Gasteiger partial charge in [0, 0.05) is 13.6 Å². The number of rotatable bonds is 7. The maximum absolute atomic E-state index is 12.5. The summed E-state index contributed by atoms with van der Waals surface area (Å²) in [6, 6.07) is 13.7. The first-order valence-electron chi connectivity index (χ1n) is 11.7. The molecule has 3 rings (SSSR count). The van der Waals surface area contributed by atoms with Crippen LogP contribution in [0.5, 0.6) is 0 Å². The van der Waals surface area contributed by atoms with Gasteiger partial charge in [-0.05, 0) is 46.9 Å². The van der Waals surface area contributed by atoms with E-state index in [2.05, 4.69) is 68.8 Å². The van der Waals surface area contributed by atoms with E-state index in [1.54, 1.807) is 0 Å². The predicted molar refractivity (Wildman–Crippen MR) is 136 cm³/mol. The highest BCUT2D eigenvalue weighted by Gasteiger charge is 2.34. The van der Waals surface area contributed by atoms with Gasteiger partial charge in [-0.1, -0.05) is 71.0 Å². The molecule has 0 saturated carbocycles.